The fraction of sp³-hybridized carbons (Fsp3) is 0.400. The summed E-state index contributed by atoms with van der Waals surface area (Å²) in [7, 11) is 0. The van der Waals surface area contributed by atoms with Gasteiger partial charge in [-0.15, -0.1) is 0 Å². The number of benzene rings is 1. The second-order valence-corrected chi connectivity index (χ2v) is 5.32. The molecule has 2 unspecified atom stereocenters. The average Bonchev–Trinajstić information content (AvgIpc) is 2.91. The first-order valence-electron chi connectivity index (χ1n) is 6.96. The van der Waals surface area contributed by atoms with Crippen LogP contribution in [0.1, 0.15) is 31.0 Å². The lowest BCUT2D eigenvalue weighted by molar-refractivity contribution is -0.385. The van der Waals surface area contributed by atoms with Crippen LogP contribution in [0.2, 0.25) is 0 Å². The van der Waals surface area contributed by atoms with E-state index in [1.165, 1.54) is 0 Å². The molecule has 0 bridgehead atoms. The van der Waals surface area contributed by atoms with Gasteiger partial charge in [0.15, 0.2) is 0 Å². The van der Waals surface area contributed by atoms with Crippen LogP contribution in [0.25, 0.3) is 0 Å². The highest BCUT2D eigenvalue weighted by molar-refractivity contribution is 5.43. The Morgan fingerprint density at radius 1 is 1.43 bits per heavy atom. The van der Waals surface area contributed by atoms with Gasteiger partial charge in [-0.2, -0.15) is 5.10 Å². The Hall–Kier alpha value is -2.21. The standard InChI is InChI=1S/C15H20N4O2/c1-11-5-6-14(9-15(11)19(20)21)13(3)17-12(2)10-18-8-4-7-16-18/h4-9,12-13,17H,10H2,1-3H3. The zero-order chi connectivity index (χ0) is 15.4. The van der Waals surface area contributed by atoms with E-state index in [4.69, 9.17) is 0 Å². The highest BCUT2D eigenvalue weighted by Crippen LogP contribution is 2.23. The van der Waals surface area contributed by atoms with Gasteiger partial charge in [-0.3, -0.25) is 14.8 Å². The van der Waals surface area contributed by atoms with Crippen molar-refractivity contribution in [3.8, 4) is 0 Å². The molecule has 2 aromatic rings. The smallest absolute Gasteiger partial charge is 0.272 e. The summed E-state index contributed by atoms with van der Waals surface area (Å²) in [4.78, 5) is 10.7. The van der Waals surface area contributed by atoms with Gasteiger partial charge in [0.1, 0.15) is 0 Å². The first-order valence-corrected chi connectivity index (χ1v) is 6.96. The normalized spacial score (nSPS) is 13.9. The fourth-order valence-corrected chi connectivity index (χ4v) is 2.36. The Kier molecular flexibility index (Phi) is 4.70. The van der Waals surface area contributed by atoms with Crippen molar-refractivity contribution in [2.45, 2.75) is 39.4 Å². The number of hydrogen-bond acceptors (Lipinski definition) is 4. The maximum atomic E-state index is 11.0. The quantitative estimate of drug-likeness (QED) is 0.655. The monoisotopic (exact) mass is 288 g/mol. The van der Waals surface area contributed by atoms with Crippen LogP contribution in [0, 0.1) is 17.0 Å². The van der Waals surface area contributed by atoms with E-state index >= 15 is 0 Å². The number of aromatic nitrogens is 2. The molecule has 2 rings (SSSR count). The van der Waals surface area contributed by atoms with Gasteiger partial charge in [0.05, 0.1) is 11.5 Å². The average molecular weight is 288 g/mol. The second-order valence-electron chi connectivity index (χ2n) is 5.32. The SMILES string of the molecule is Cc1ccc(C(C)NC(C)Cn2cccn2)cc1[N+](=O)[O-]. The molecule has 0 amide bonds. The molecule has 0 aliphatic heterocycles. The fourth-order valence-electron chi connectivity index (χ4n) is 2.36. The third-order valence-electron chi connectivity index (χ3n) is 3.48. The Morgan fingerprint density at radius 3 is 2.81 bits per heavy atom. The Morgan fingerprint density at radius 2 is 2.19 bits per heavy atom. The van der Waals surface area contributed by atoms with Crippen molar-refractivity contribution in [2.24, 2.45) is 0 Å². The molecule has 1 heterocycles. The zero-order valence-electron chi connectivity index (χ0n) is 12.5. The Bertz CT molecular complexity index is 610. The minimum absolute atomic E-state index is 0.0369. The van der Waals surface area contributed by atoms with Gasteiger partial charge in [0, 0.05) is 36.1 Å². The van der Waals surface area contributed by atoms with Crippen LogP contribution in [-0.4, -0.2) is 20.7 Å². The summed E-state index contributed by atoms with van der Waals surface area (Å²) in [6, 6.07) is 7.51. The number of nitro benzene ring substituents is 1. The molecule has 0 spiro atoms. The molecule has 0 aliphatic rings. The van der Waals surface area contributed by atoms with Crippen LogP contribution in [0.3, 0.4) is 0 Å². The largest absolute Gasteiger partial charge is 0.306 e. The zero-order valence-corrected chi connectivity index (χ0v) is 12.5. The third kappa shape index (κ3) is 3.88. The van der Waals surface area contributed by atoms with Gasteiger partial charge >= 0.3 is 0 Å². The van der Waals surface area contributed by atoms with Crippen LogP contribution in [-0.2, 0) is 6.54 Å². The predicted octanol–water partition coefficient (Wildman–Crippen LogP) is 2.84. The first-order chi connectivity index (χ1) is 9.97. The topological polar surface area (TPSA) is 73.0 Å². The molecule has 21 heavy (non-hydrogen) atoms. The molecule has 6 nitrogen and oxygen atoms in total. The molecule has 0 saturated carbocycles. The van der Waals surface area contributed by atoms with E-state index < -0.39 is 0 Å². The molecule has 1 aromatic carbocycles. The van der Waals surface area contributed by atoms with E-state index in [2.05, 4.69) is 17.3 Å². The van der Waals surface area contributed by atoms with Gasteiger partial charge in [-0.1, -0.05) is 12.1 Å². The summed E-state index contributed by atoms with van der Waals surface area (Å²) < 4.78 is 1.86. The molecule has 6 heteroatoms. The lowest BCUT2D eigenvalue weighted by Crippen LogP contribution is -2.32. The van der Waals surface area contributed by atoms with Crippen LogP contribution >= 0.6 is 0 Å². The summed E-state index contributed by atoms with van der Waals surface area (Å²) in [5.41, 5.74) is 1.76. The maximum Gasteiger partial charge on any atom is 0.272 e. The van der Waals surface area contributed by atoms with E-state index in [0.29, 0.717) is 5.56 Å². The Labute approximate surface area is 123 Å². The molecule has 2 atom stereocenters. The molecule has 1 aromatic heterocycles. The van der Waals surface area contributed by atoms with Crippen molar-refractivity contribution < 1.29 is 4.92 Å². The number of aryl methyl sites for hydroxylation is 1. The van der Waals surface area contributed by atoms with Crippen molar-refractivity contribution >= 4 is 5.69 Å². The number of nitro groups is 1. The van der Waals surface area contributed by atoms with Crippen molar-refractivity contribution in [2.75, 3.05) is 0 Å². The van der Waals surface area contributed by atoms with E-state index in [0.717, 1.165) is 12.1 Å². The van der Waals surface area contributed by atoms with Crippen molar-refractivity contribution in [3.05, 3.63) is 57.9 Å². The summed E-state index contributed by atoms with van der Waals surface area (Å²) in [6.07, 6.45) is 3.67. The summed E-state index contributed by atoms with van der Waals surface area (Å²) in [5.74, 6) is 0. The van der Waals surface area contributed by atoms with E-state index in [9.17, 15) is 10.1 Å². The predicted molar refractivity (Wildman–Crippen MR) is 81.1 cm³/mol. The molecule has 112 valence electrons. The molecular formula is C15H20N4O2. The molecule has 0 aliphatic carbocycles. The van der Waals surface area contributed by atoms with E-state index in [-0.39, 0.29) is 22.7 Å². The maximum absolute atomic E-state index is 11.0. The van der Waals surface area contributed by atoms with Crippen molar-refractivity contribution in [1.82, 2.24) is 15.1 Å². The molecular weight excluding hydrogens is 268 g/mol. The minimum atomic E-state index is -0.335. The molecule has 0 fully saturated rings. The van der Waals surface area contributed by atoms with Crippen LogP contribution in [0.5, 0.6) is 0 Å². The molecule has 1 N–H and O–H groups in total. The van der Waals surface area contributed by atoms with Gasteiger partial charge in [-0.05, 0) is 32.4 Å². The van der Waals surface area contributed by atoms with E-state index in [1.807, 2.05) is 29.9 Å². The minimum Gasteiger partial charge on any atom is -0.306 e. The van der Waals surface area contributed by atoms with Gasteiger partial charge in [0.25, 0.3) is 5.69 Å². The third-order valence-corrected chi connectivity index (χ3v) is 3.48. The first kappa shape index (κ1) is 15.2. The highest BCUT2D eigenvalue weighted by Gasteiger charge is 2.15. The number of nitrogens with one attached hydrogen (secondary N) is 1. The number of hydrogen-bond donors (Lipinski definition) is 1. The van der Waals surface area contributed by atoms with E-state index in [1.54, 1.807) is 25.3 Å². The highest BCUT2D eigenvalue weighted by atomic mass is 16.6. The van der Waals surface area contributed by atoms with Crippen LogP contribution < -0.4 is 5.32 Å². The van der Waals surface area contributed by atoms with Gasteiger partial charge < -0.3 is 5.32 Å². The summed E-state index contributed by atoms with van der Waals surface area (Å²) >= 11 is 0. The van der Waals surface area contributed by atoms with Crippen LogP contribution in [0.15, 0.2) is 36.7 Å². The van der Waals surface area contributed by atoms with Crippen molar-refractivity contribution in [3.63, 3.8) is 0 Å². The lowest BCUT2D eigenvalue weighted by Gasteiger charge is -2.20. The second kappa shape index (κ2) is 6.49. The summed E-state index contributed by atoms with van der Waals surface area (Å²) in [5, 5.41) is 18.6. The van der Waals surface area contributed by atoms with Gasteiger partial charge in [0.2, 0.25) is 0 Å². The number of rotatable bonds is 6. The van der Waals surface area contributed by atoms with Crippen LogP contribution in [0.4, 0.5) is 5.69 Å². The van der Waals surface area contributed by atoms with Crippen molar-refractivity contribution in [1.29, 1.82) is 0 Å². The Balaban J connectivity index is 2.04. The van der Waals surface area contributed by atoms with Gasteiger partial charge in [-0.25, -0.2) is 0 Å². The lowest BCUT2D eigenvalue weighted by atomic mass is 10.0. The molecule has 0 radical (unpaired) electrons. The number of nitrogens with zero attached hydrogens (tertiary/aromatic N) is 3. The summed E-state index contributed by atoms with van der Waals surface area (Å²) in [6.45, 7) is 6.58. The molecule has 0 saturated heterocycles.